The number of anilines is 4. The van der Waals surface area contributed by atoms with Gasteiger partial charge in [-0.2, -0.15) is 0 Å². The number of amides is 3. The summed E-state index contributed by atoms with van der Waals surface area (Å²) in [5.74, 6) is 3.27. The molecule has 0 bridgehead atoms. The Morgan fingerprint density at radius 2 is 1.51 bits per heavy atom. The van der Waals surface area contributed by atoms with Gasteiger partial charge in [0.2, 0.25) is 23.7 Å². The number of hydrogen-bond acceptors (Lipinski definition) is 14. The Hall–Kier alpha value is -6.51. The molecule has 5 fully saturated rings. The predicted octanol–water partition coefficient (Wildman–Crippen LogP) is 5.21. The number of benzene rings is 2. The highest BCUT2D eigenvalue weighted by Crippen LogP contribution is 2.54. The molecule has 2 aromatic heterocycles. The molecule has 3 aliphatic heterocycles. The Kier molecular flexibility index (Phi) is 14.9. The number of piperazine rings is 2. The molecule has 5 heterocycles. The minimum atomic E-state index is -0.852. The van der Waals surface area contributed by atoms with E-state index in [1.165, 1.54) is 4.90 Å². The summed E-state index contributed by atoms with van der Waals surface area (Å²) in [4.78, 5) is 62.6. The zero-order valence-corrected chi connectivity index (χ0v) is 42.6. The number of aromatic hydroxyl groups is 1. The van der Waals surface area contributed by atoms with Gasteiger partial charge in [-0.1, -0.05) is 51.0 Å². The molecule has 5 aliphatic rings. The van der Waals surface area contributed by atoms with Crippen LogP contribution in [0, 0.1) is 29.1 Å². The van der Waals surface area contributed by atoms with E-state index in [9.17, 15) is 24.6 Å². The highest BCUT2D eigenvalue weighted by atomic mass is 16.3. The van der Waals surface area contributed by atoms with Crippen LogP contribution >= 0.6 is 0 Å². The quantitative estimate of drug-likeness (QED) is 0.110. The normalized spacial score (nSPS) is 24.5. The van der Waals surface area contributed by atoms with Crippen molar-refractivity contribution in [3.63, 3.8) is 0 Å². The molecule has 4 atom stereocenters. The fourth-order valence-electron chi connectivity index (χ4n) is 11.6. The van der Waals surface area contributed by atoms with E-state index in [1.54, 1.807) is 12.1 Å². The van der Waals surface area contributed by atoms with E-state index in [0.29, 0.717) is 17.3 Å². The van der Waals surface area contributed by atoms with Crippen LogP contribution < -0.4 is 30.7 Å². The summed E-state index contributed by atoms with van der Waals surface area (Å²) in [6, 6.07) is 15.1. The number of carbonyl (C=O) groups is 3. The minimum absolute atomic E-state index is 0.0328. The number of aliphatic hydroxyl groups excluding tert-OH is 1. The molecular weight excluding hydrogens is 909 g/mol. The molecule has 4 aromatic rings. The number of nitrogens with zero attached hydrogens (tertiary/aromatic N) is 9. The lowest BCUT2D eigenvalue weighted by atomic mass is 9.56. The second-order valence-corrected chi connectivity index (χ2v) is 21.8. The number of aliphatic hydroxyl groups is 1. The summed E-state index contributed by atoms with van der Waals surface area (Å²) < 4.78 is 0. The van der Waals surface area contributed by atoms with Gasteiger partial charge in [-0.05, 0) is 99.1 Å². The SMILES string of the molecule is C#Cc1ccc([C@H](C)NC(=O)[C@@H]2C[C@@H](O)CN2C(=O)[C@@H](NC(=O)[C@H]2CCC3(CC2)C[C@H](N2CCN(c4cnc(N5CCN(c6cc(-c7ccccc7O)nnc6NCC)CC5)nc4)CC2)C3)C(C)(C)C)cc1. The van der Waals surface area contributed by atoms with E-state index in [1.807, 2.05) is 89.5 Å². The van der Waals surface area contributed by atoms with Crippen LogP contribution in [0.15, 0.2) is 67.0 Å². The molecule has 1 spiro atoms. The van der Waals surface area contributed by atoms with Crippen LogP contribution in [0.4, 0.5) is 23.1 Å². The smallest absolute Gasteiger partial charge is 0.246 e. The van der Waals surface area contributed by atoms with E-state index in [2.05, 4.69) is 51.7 Å². The van der Waals surface area contributed by atoms with E-state index < -0.39 is 23.6 Å². The average molecular weight is 981 g/mol. The van der Waals surface area contributed by atoms with E-state index in [-0.39, 0.29) is 53.8 Å². The number of β-amino-alcohol motifs (C(OH)–C–C–N with tert-alkyl or cyclic N) is 1. The number of hydrogen-bond donors (Lipinski definition) is 5. The highest BCUT2D eigenvalue weighted by Gasteiger charge is 2.50. The maximum atomic E-state index is 14.3. The lowest BCUT2D eigenvalue weighted by Crippen LogP contribution is -2.59. The van der Waals surface area contributed by atoms with Crippen molar-refractivity contribution >= 4 is 40.9 Å². The Morgan fingerprint density at radius 1 is 0.861 bits per heavy atom. The first kappa shape index (κ1) is 50.4. The Balaban J connectivity index is 0.716. The third-order valence-electron chi connectivity index (χ3n) is 16.0. The lowest BCUT2D eigenvalue weighted by molar-refractivity contribution is -0.145. The first-order valence-electron chi connectivity index (χ1n) is 26.0. The van der Waals surface area contributed by atoms with Crippen molar-refractivity contribution in [3.8, 4) is 29.4 Å². The number of terminal acetylenes is 1. The van der Waals surface area contributed by atoms with Crippen molar-refractivity contribution in [1.29, 1.82) is 0 Å². The van der Waals surface area contributed by atoms with Gasteiger partial charge in [0, 0.05) is 95.0 Å². The van der Waals surface area contributed by atoms with Gasteiger partial charge in [-0.3, -0.25) is 19.3 Å². The number of likely N-dealkylation sites (tertiary alicyclic amines) is 1. The monoisotopic (exact) mass is 981 g/mol. The van der Waals surface area contributed by atoms with Gasteiger partial charge < -0.3 is 45.8 Å². The average Bonchev–Trinajstić information content (AvgIpc) is 3.79. The Labute approximate surface area is 424 Å². The second kappa shape index (κ2) is 21.3. The molecule has 0 radical (unpaired) electrons. The van der Waals surface area contributed by atoms with Gasteiger partial charge in [0.15, 0.2) is 5.82 Å². The number of carbonyl (C=O) groups excluding carboxylic acids is 3. The summed E-state index contributed by atoms with van der Waals surface area (Å²) >= 11 is 0. The van der Waals surface area contributed by atoms with Crippen LogP contribution in [0.25, 0.3) is 11.3 Å². The number of aromatic nitrogens is 4. The molecular formula is C55H72N12O5. The molecule has 382 valence electrons. The summed E-state index contributed by atoms with van der Waals surface area (Å²) in [6.07, 6.45) is 14.6. The third kappa shape index (κ3) is 10.9. The third-order valence-corrected chi connectivity index (χ3v) is 16.0. The number of rotatable bonds is 13. The first-order valence-corrected chi connectivity index (χ1v) is 26.0. The molecule has 0 unspecified atom stereocenters. The summed E-state index contributed by atoms with van der Waals surface area (Å²) in [7, 11) is 0. The van der Waals surface area contributed by atoms with E-state index in [4.69, 9.17) is 16.4 Å². The van der Waals surface area contributed by atoms with Crippen molar-refractivity contribution in [2.45, 2.75) is 110 Å². The molecule has 17 nitrogen and oxygen atoms in total. The number of nitrogens with one attached hydrogen (secondary N) is 3. The first-order chi connectivity index (χ1) is 34.6. The largest absolute Gasteiger partial charge is 0.507 e. The fraction of sp³-hybridized carbons (Fsp3) is 0.545. The Bertz CT molecular complexity index is 2590. The van der Waals surface area contributed by atoms with Crippen molar-refractivity contribution in [2.24, 2.45) is 16.7 Å². The van der Waals surface area contributed by atoms with Crippen molar-refractivity contribution in [1.82, 2.24) is 40.6 Å². The van der Waals surface area contributed by atoms with Crippen molar-refractivity contribution in [3.05, 3.63) is 78.1 Å². The molecule has 2 saturated carbocycles. The minimum Gasteiger partial charge on any atom is -0.507 e. The second-order valence-electron chi connectivity index (χ2n) is 21.8. The maximum Gasteiger partial charge on any atom is 0.246 e. The van der Waals surface area contributed by atoms with Crippen LogP contribution in [0.3, 0.4) is 0 Å². The molecule has 9 rings (SSSR count). The molecule has 5 N–H and O–H groups in total. The summed E-state index contributed by atoms with van der Waals surface area (Å²) in [6.45, 7) is 17.3. The van der Waals surface area contributed by atoms with Gasteiger partial charge in [-0.25, -0.2) is 9.97 Å². The van der Waals surface area contributed by atoms with Gasteiger partial charge in [-0.15, -0.1) is 16.6 Å². The van der Waals surface area contributed by atoms with Gasteiger partial charge in [0.25, 0.3) is 0 Å². The Morgan fingerprint density at radius 3 is 2.15 bits per heavy atom. The van der Waals surface area contributed by atoms with Crippen LogP contribution in [-0.2, 0) is 14.4 Å². The number of phenolic OH excluding ortho intramolecular Hbond substituents is 1. The van der Waals surface area contributed by atoms with Crippen LogP contribution in [0.5, 0.6) is 5.75 Å². The lowest BCUT2D eigenvalue weighted by Gasteiger charge is -2.56. The van der Waals surface area contributed by atoms with Gasteiger partial charge in [0.1, 0.15) is 17.8 Å². The molecule has 72 heavy (non-hydrogen) atoms. The fourth-order valence-corrected chi connectivity index (χ4v) is 11.6. The highest BCUT2D eigenvalue weighted by molar-refractivity contribution is 5.93. The molecule has 17 heteroatoms. The molecule has 2 aromatic carbocycles. The maximum absolute atomic E-state index is 14.3. The van der Waals surface area contributed by atoms with Crippen LogP contribution in [0.1, 0.15) is 96.7 Å². The van der Waals surface area contributed by atoms with E-state index in [0.717, 1.165) is 132 Å². The zero-order chi connectivity index (χ0) is 50.7. The van der Waals surface area contributed by atoms with E-state index >= 15 is 0 Å². The molecule has 3 saturated heterocycles. The number of para-hydroxylation sites is 1. The van der Waals surface area contributed by atoms with Crippen molar-refractivity contribution < 1.29 is 24.6 Å². The molecule has 3 amide bonds. The summed E-state index contributed by atoms with van der Waals surface area (Å²) in [5, 5.41) is 39.6. The topological polar surface area (TPSA) is 196 Å². The van der Waals surface area contributed by atoms with Crippen LogP contribution in [-0.4, -0.2) is 148 Å². The van der Waals surface area contributed by atoms with Gasteiger partial charge in [0.05, 0.1) is 41.6 Å². The standard InChI is InChI=1S/C55H72N12O5/c1-7-37-13-15-38(16-14-37)36(3)59-51(71)46-29-42(68)35-67(46)52(72)48(54(4,5)6)60-50(70)39-17-19-55(20-18-39)31-40(32-55)63-21-23-64(24-22-63)41-33-57-53(58-34-41)66-27-25-65(26-28-66)45-30-44(61-62-49(45)56-8-2)43-11-9-10-12-47(43)69/h1,9-16,30,33-34,36,39-40,42,46,48,68-69H,8,17-29,31-32,35H2,2-6H3,(H,56,62)(H,59,71)(H,60,70)/t36-,39-,40-,42+,46-,48+,55?/m0/s1. The summed E-state index contributed by atoms with van der Waals surface area (Å²) in [5.41, 5.74) is 4.55. The number of phenols is 1. The van der Waals surface area contributed by atoms with Gasteiger partial charge >= 0.3 is 0 Å². The van der Waals surface area contributed by atoms with Crippen molar-refractivity contribution in [2.75, 3.05) is 85.5 Å². The zero-order valence-electron chi connectivity index (χ0n) is 42.6. The van der Waals surface area contributed by atoms with Crippen LogP contribution in [0.2, 0.25) is 0 Å². The molecule has 2 aliphatic carbocycles. The predicted molar refractivity (Wildman–Crippen MR) is 279 cm³/mol.